The number of rotatable bonds is 3. The van der Waals surface area contributed by atoms with E-state index in [0.29, 0.717) is 11.7 Å². The first-order chi connectivity index (χ1) is 10.6. The van der Waals surface area contributed by atoms with Crippen molar-refractivity contribution in [2.24, 2.45) is 5.92 Å². The average molecular weight is 301 g/mol. The van der Waals surface area contributed by atoms with Crippen LogP contribution in [0, 0.1) is 19.8 Å². The minimum absolute atomic E-state index is 0.124. The molecule has 4 nitrogen and oxygen atoms in total. The Labute approximate surface area is 130 Å². The molecule has 22 heavy (non-hydrogen) atoms. The van der Waals surface area contributed by atoms with Gasteiger partial charge in [-0.25, -0.2) is 0 Å². The number of aliphatic hydroxyl groups excluding tert-OH is 1. The molecular formula is C18H23NO3. The van der Waals surface area contributed by atoms with Crippen molar-refractivity contribution < 1.29 is 14.3 Å². The number of carbonyl (C=O) groups is 1. The number of fused-ring (bicyclic) bond motifs is 1. The largest absolute Gasteiger partial charge is 0.450 e. The number of aliphatic hydroxyl groups is 1. The minimum atomic E-state index is -0.124. The van der Waals surface area contributed by atoms with Crippen LogP contribution in [0.1, 0.15) is 47.4 Å². The molecule has 0 bridgehead atoms. The monoisotopic (exact) mass is 301 g/mol. The first-order valence-electron chi connectivity index (χ1n) is 8.00. The number of carbonyl (C=O) groups excluding carboxylic acids is 1. The lowest BCUT2D eigenvalue weighted by Crippen LogP contribution is -2.38. The van der Waals surface area contributed by atoms with Crippen LogP contribution in [0.2, 0.25) is 0 Å². The van der Waals surface area contributed by atoms with Crippen molar-refractivity contribution in [2.75, 3.05) is 6.61 Å². The van der Waals surface area contributed by atoms with Gasteiger partial charge in [0.05, 0.1) is 0 Å². The molecule has 4 heteroatoms. The van der Waals surface area contributed by atoms with Crippen molar-refractivity contribution in [1.29, 1.82) is 0 Å². The normalized spacial score (nSPS) is 22.0. The maximum Gasteiger partial charge on any atom is 0.287 e. The molecule has 1 aliphatic carbocycles. The number of amides is 1. The van der Waals surface area contributed by atoms with Crippen LogP contribution >= 0.6 is 0 Å². The Morgan fingerprint density at radius 3 is 2.64 bits per heavy atom. The van der Waals surface area contributed by atoms with Crippen molar-refractivity contribution in [1.82, 2.24) is 5.32 Å². The summed E-state index contributed by atoms with van der Waals surface area (Å²) in [5, 5.41) is 13.3. The molecule has 3 rings (SSSR count). The standard InChI is InChI=1S/C18H23NO3/c1-11-4-3-5-15-12(2)17(22-16(11)15)18(21)19-14-8-6-13(10-20)7-9-14/h3-5,13-14,20H,6-10H2,1-2H3,(H,19,21). The summed E-state index contributed by atoms with van der Waals surface area (Å²) in [4.78, 5) is 12.5. The van der Waals surface area contributed by atoms with Crippen LogP contribution < -0.4 is 5.32 Å². The predicted octanol–water partition coefficient (Wildman–Crippen LogP) is 3.33. The lowest BCUT2D eigenvalue weighted by molar-refractivity contribution is 0.0887. The Bertz CT molecular complexity index is 681. The zero-order valence-electron chi connectivity index (χ0n) is 13.2. The predicted molar refractivity (Wildman–Crippen MR) is 86.0 cm³/mol. The highest BCUT2D eigenvalue weighted by Gasteiger charge is 2.25. The molecule has 1 heterocycles. The molecular weight excluding hydrogens is 278 g/mol. The summed E-state index contributed by atoms with van der Waals surface area (Å²) in [5.41, 5.74) is 2.75. The van der Waals surface area contributed by atoms with E-state index in [2.05, 4.69) is 5.32 Å². The fraction of sp³-hybridized carbons (Fsp3) is 0.500. The van der Waals surface area contributed by atoms with Crippen molar-refractivity contribution in [3.05, 3.63) is 35.1 Å². The molecule has 0 saturated heterocycles. The van der Waals surface area contributed by atoms with Crippen LogP contribution in [0.5, 0.6) is 0 Å². The summed E-state index contributed by atoms with van der Waals surface area (Å²) in [6, 6.07) is 6.15. The topological polar surface area (TPSA) is 62.5 Å². The molecule has 1 aromatic heterocycles. The van der Waals surface area contributed by atoms with Gasteiger partial charge in [-0.3, -0.25) is 4.79 Å². The fourth-order valence-electron chi connectivity index (χ4n) is 3.34. The number of nitrogens with one attached hydrogen (secondary N) is 1. The number of hydrogen-bond donors (Lipinski definition) is 2. The molecule has 1 aliphatic rings. The van der Waals surface area contributed by atoms with E-state index >= 15 is 0 Å². The van der Waals surface area contributed by atoms with E-state index in [1.807, 2.05) is 32.0 Å². The van der Waals surface area contributed by atoms with Gasteiger partial charge < -0.3 is 14.8 Å². The maximum atomic E-state index is 12.5. The summed E-state index contributed by atoms with van der Waals surface area (Å²) in [7, 11) is 0. The summed E-state index contributed by atoms with van der Waals surface area (Å²) in [6.45, 7) is 4.18. The summed E-state index contributed by atoms with van der Waals surface area (Å²) in [6.07, 6.45) is 3.80. The highest BCUT2D eigenvalue weighted by atomic mass is 16.3. The zero-order chi connectivity index (χ0) is 15.7. The first-order valence-corrected chi connectivity index (χ1v) is 8.00. The van der Waals surface area contributed by atoms with E-state index in [0.717, 1.165) is 47.8 Å². The number of furan rings is 1. The van der Waals surface area contributed by atoms with Gasteiger partial charge in [0.2, 0.25) is 0 Å². The molecule has 118 valence electrons. The molecule has 0 atom stereocenters. The molecule has 0 unspecified atom stereocenters. The van der Waals surface area contributed by atoms with Gasteiger partial charge in [-0.2, -0.15) is 0 Å². The molecule has 2 aromatic rings. The molecule has 2 N–H and O–H groups in total. The van der Waals surface area contributed by atoms with Crippen molar-refractivity contribution in [2.45, 2.75) is 45.6 Å². The van der Waals surface area contributed by atoms with Gasteiger partial charge in [0.25, 0.3) is 5.91 Å². The summed E-state index contributed by atoms with van der Waals surface area (Å²) in [5.74, 6) is 0.692. The van der Waals surface area contributed by atoms with E-state index in [9.17, 15) is 9.90 Å². The highest BCUT2D eigenvalue weighted by molar-refractivity contribution is 5.99. The Morgan fingerprint density at radius 2 is 2.00 bits per heavy atom. The van der Waals surface area contributed by atoms with Gasteiger partial charge in [-0.1, -0.05) is 18.2 Å². The average Bonchev–Trinajstić information content (AvgIpc) is 2.87. The van der Waals surface area contributed by atoms with E-state index in [-0.39, 0.29) is 18.6 Å². The Morgan fingerprint density at radius 1 is 1.27 bits per heavy atom. The van der Waals surface area contributed by atoms with E-state index in [1.165, 1.54) is 0 Å². The van der Waals surface area contributed by atoms with Crippen LogP contribution in [-0.4, -0.2) is 23.7 Å². The van der Waals surface area contributed by atoms with Crippen LogP contribution in [0.3, 0.4) is 0 Å². The second kappa shape index (κ2) is 6.13. The number of aryl methyl sites for hydroxylation is 2. The smallest absolute Gasteiger partial charge is 0.287 e. The molecule has 1 aromatic carbocycles. The summed E-state index contributed by atoms with van der Waals surface area (Å²) < 4.78 is 5.82. The van der Waals surface area contributed by atoms with Gasteiger partial charge in [0, 0.05) is 23.6 Å². The van der Waals surface area contributed by atoms with E-state index < -0.39 is 0 Å². The maximum absolute atomic E-state index is 12.5. The van der Waals surface area contributed by atoms with Crippen LogP contribution in [0.25, 0.3) is 11.0 Å². The Balaban J connectivity index is 1.76. The molecule has 1 amide bonds. The zero-order valence-corrected chi connectivity index (χ0v) is 13.2. The van der Waals surface area contributed by atoms with Gasteiger partial charge in [-0.15, -0.1) is 0 Å². The van der Waals surface area contributed by atoms with Gasteiger partial charge in [-0.05, 0) is 51.0 Å². The molecule has 0 spiro atoms. The van der Waals surface area contributed by atoms with E-state index in [4.69, 9.17) is 4.42 Å². The third-order valence-corrected chi connectivity index (χ3v) is 4.81. The lowest BCUT2D eigenvalue weighted by atomic mass is 9.86. The number of para-hydroxylation sites is 1. The van der Waals surface area contributed by atoms with Gasteiger partial charge in [0.15, 0.2) is 5.76 Å². The molecule has 1 fully saturated rings. The van der Waals surface area contributed by atoms with Crippen molar-refractivity contribution in [3.63, 3.8) is 0 Å². The molecule has 0 aliphatic heterocycles. The second-order valence-electron chi connectivity index (χ2n) is 6.38. The Kier molecular flexibility index (Phi) is 4.21. The fourth-order valence-corrected chi connectivity index (χ4v) is 3.34. The summed E-state index contributed by atoms with van der Waals surface area (Å²) >= 11 is 0. The Hall–Kier alpha value is -1.81. The lowest BCUT2D eigenvalue weighted by Gasteiger charge is -2.27. The third kappa shape index (κ3) is 2.75. The minimum Gasteiger partial charge on any atom is -0.450 e. The third-order valence-electron chi connectivity index (χ3n) is 4.81. The van der Waals surface area contributed by atoms with E-state index in [1.54, 1.807) is 0 Å². The van der Waals surface area contributed by atoms with Crippen molar-refractivity contribution in [3.8, 4) is 0 Å². The van der Waals surface area contributed by atoms with Crippen molar-refractivity contribution >= 4 is 16.9 Å². The molecule has 0 radical (unpaired) electrons. The van der Waals surface area contributed by atoms with Gasteiger partial charge >= 0.3 is 0 Å². The van der Waals surface area contributed by atoms with Gasteiger partial charge in [0.1, 0.15) is 5.58 Å². The van der Waals surface area contributed by atoms with Crippen LogP contribution in [0.15, 0.2) is 22.6 Å². The van der Waals surface area contributed by atoms with Crippen LogP contribution in [0.4, 0.5) is 0 Å². The van der Waals surface area contributed by atoms with Crippen LogP contribution in [-0.2, 0) is 0 Å². The second-order valence-corrected chi connectivity index (χ2v) is 6.38. The SMILES string of the molecule is Cc1c(C(=O)NC2CCC(CO)CC2)oc2c(C)cccc12. The molecule has 1 saturated carbocycles. The number of hydrogen-bond acceptors (Lipinski definition) is 3. The highest BCUT2D eigenvalue weighted by Crippen LogP contribution is 2.28. The number of benzene rings is 1. The first kappa shape index (κ1) is 15.1. The quantitative estimate of drug-likeness (QED) is 0.914.